The molecule has 0 aliphatic carbocycles. The van der Waals surface area contributed by atoms with Crippen LogP contribution >= 0.6 is 0 Å². The third-order valence-electron chi connectivity index (χ3n) is 6.80. The minimum absolute atomic E-state index is 0.237. The number of piperidine rings is 1. The predicted molar refractivity (Wildman–Crippen MR) is 132 cm³/mol. The molecule has 0 unspecified atom stereocenters. The number of nitrogens with one attached hydrogen (secondary N) is 1. The number of likely N-dealkylation sites (N-methyl/N-ethyl adjacent to an activating group) is 1. The zero-order valence-electron chi connectivity index (χ0n) is 19.8. The van der Waals surface area contributed by atoms with Crippen LogP contribution in [0.5, 0.6) is 0 Å². The molecule has 0 aromatic heterocycles. The number of benzene rings is 2. The van der Waals surface area contributed by atoms with Gasteiger partial charge in [-0.05, 0) is 80.8 Å². The Morgan fingerprint density at radius 1 is 0.939 bits per heavy atom. The first-order chi connectivity index (χ1) is 15.7. The van der Waals surface area contributed by atoms with Crippen molar-refractivity contribution in [3.05, 3.63) is 53.6 Å². The maximum atomic E-state index is 12.9. The molecule has 2 aliphatic rings. The van der Waals surface area contributed by atoms with Crippen LogP contribution in [-0.4, -0.2) is 69.8 Å². The zero-order valence-corrected chi connectivity index (χ0v) is 20.6. The summed E-state index contributed by atoms with van der Waals surface area (Å²) in [6, 6.07) is 12.2. The lowest BCUT2D eigenvalue weighted by molar-refractivity contribution is 0.102. The van der Waals surface area contributed by atoms with Crippen molar-refractivity contribution in [1.29, 1.82) is 0 Å². The van der Waals surface area contributed by atoms with E-state index in [0.29, 0.717) is 24.6 Å². The molecule has 2 saturated heterocycles. The molecule has 7 nitrogen and oxygen atoms in total. The third-order valence-corrected chi connectivity index (χ3v) is 8.71. The van der Waals surface area contributed by atoms with Crippen LogP contribution in [0.15, 0.2) is 47.4 Å². The average molecular weight is 471 g/mol. The fourth-order valence-corrected chi connectivity index (χ4v) is 5.96. The van der Waals surface area contributed by atoms with Gasteiger partial charge in [0, 0.05) is 56.2 Å². The third kappa shape index (κ3) is 5.39. The number of amides is 1. The molecule has 2 heterocycles. The summed E-state index contributed by atoms with van der Waals surface area (Å²) in [5.74, 6) is 0.305. The fraction of sp³-hybridized carbons (Fsp3) is 0.480. The van der Waals surface area contributed by atoms with Gasteiger partial charge in [0.25, 0.3) is 5.91 Å². The van der Waals surface area contributed by atoms with E-state index in [1.807, 2.05) is 12.1 Å². The molecule has 8 heteroatoms. The van der Waals surface area contributed by atoms with E-state index in [1.54, 1.807) is 16.4 Å². The van der Waals surface area contributed by atoms with Gasteiger partial charge in [0.2, 0.25) is 10.0 Å². The van der Waals surface area contributed by atoms with Gasteiger partial charge in [-0.1, -0.05) is 6.92 Å². The quantitative estimate of drug-likeness (QED) is 0.725. The first-order valence-corrected chi connectivity index (χ1v) is 13.1. The number of anilines is 2. The SMILES string of the molecule is Cc1cc(NC(=O)c2ccc(S(=O)(=O)N3CCC(C)CC3)cc2)ccc1N1CCN(C)CC1. The van der Waals surface area contributed by atoms with Gasteiger partial charge in [-0.15, -0.1) is 0 Å². The summed E-state index contributed by atoms with van der Waals surface area (Å²) < 4.78 is 27.4. The molecule has 2 aromatic rings. The Labute approximate surface area is 197 Å². The van der Waals surface area contributed by atoms with Gasteiger partial charge in [0.1, 0.15) is 0 Å². The summed E-state index contributed by atoms with van der Waals surface area (Å²) in [7, 11) is -1.38. The summed E-state index contributed by atoms with van der Waals surface area (Å²) in [5, 5.41) is 2.94. The smallest absolute Gasteiger partial charge is 0.255 e. The van der Waals surface area contributed by atoms with Crippen molar-refractivity contribution in [3.8, 4) is 0 Å². The summed E-state index contributed by atoms with van der Waals surface area (Å²) in [6.45, 7) is 9.39. The Morgan fingerprint density at radius 2 is 1.58 bits per heavy atom. The zero-order chi connectivity index (χ0) is 23.6. The van der Waals surface area contributed by atoms with E-state index in [1.165, 1.54) is 17.8 Å². The van der Waals surface area contributed by atoms with Gasteiger partial charge in [0.05, 0.1) is 4.90 Å². The van der Waals surface area contributed by atoms with Crippen LogP contribution in [0.1, 0.15) is 35.7 Å². The average Bonchev–Trinajstić information content (AvgIpc) is 2.80. The maximum absolute atomic E-state index is 12.9. The lowest BCUT2D eigenvalue weighted by atomic mass is 10.0. The molecule has 2 aliphatic heterocycles. The van der Waals surface area contributed by atoms with Gasteiger partial charge in [0.15, 0.2) is 0 Å². The molecule has 33 heavy (non-hydrogen) atoms. The van der Waals surface area contributed by atoms with E-state index in [4.69, 9.17) is 0 Å². The van der Waals surface area contributed by atoms with Crippen molar-refractivity contribution in [2.45, 2.75) is 31.6 Å². The number of piperazine rings is 1. The lowest BCUT2D eigenvalue weighted by Crippen LogP contribution is -2.44. The lowest BCUT2D eigenvalue weighted by Gasteiger charge is -2.35. The maximum Gasteiger partial charge on any atom is 0.255 e. The van der Waals surface area contributed by atoms with Crippen molar-refractivity contribution < 1.29 is 13.2 Å². The second-order valence-electron chi connectivity index (χ2n) is 9.36. The minimum atomic E-state index is -3.52. The molecule has 0 spiro atoms. The molecule has 1 amide bonds. The summed E-state index contributed by atoms with van der Waals surface area (Å²) in [5.41, 5.74) is 3.48. The Hall–Kier alpha value is -2.42. The highest BCUT2D eigenvalue weighted by Gasteiger charge is 2.28. The molecule has 2 aromatic carbocycles. The van der Waals surface area contributed by atoms with Crippen molar-refractivity contribution in [2.75, 3.05) is 56.5 Å². The minimum Gasteiger partial charge on any atom is -0.369 e. The van der Waals surface area contributed by atoms with E-state index in [2.05, 4.69) is 42.1 Å². The molecule has 0 radical (unpaired) electrons. The van der Waals surface area contributed by atoms with Crippen molar-refractivity contribution in [3.63, 3.8) is 0 Å². The highest BCUT2D eigenvalue weighted by molar-refractivity contribution is 7.89. The second kappa shape index (κ2) is 9.83. The number of aryl methyl sites for hydroxylation is 1. The van der Waals surface area contributed by atoms with Gasteiger partial charge >= 0.3 is 0 Å². The largest absolute Gasteiger partial charge is 0.369 e. The van der Waals surface area contributed by atoms with Crippen LogP contribution in [0.4, 0.5) is 11.4 Å². The molecule has 0 atom stereocenters. The van der Waals surface area contributed by atoms with Crippen LogP contribution < -0.4 is 10.2 Å². The van der Waals surface area contributed by atoms with E-state index in [0.717, 1.165) is 50.3 Å². The van der Waals surface area contributed by atoms with Crippen LogP contribution in [-0.2, 0) is 10.0 Å². The number of carbonyl (C=O) groups is 1. The Balaban J connectivity index is 1.41. The van der Waals surface area contributed by atoms with Gasteiger partial charge < -0.3 is 15.1 Å². The van der Waals surface area contributed by atoms with Gasteiger partial charge in [-0.3, -0.25) is 4.79 Å². The Morgan fingerprint density at radius 3 is 2.18 bits per heavy atom. The van der Waals surface area contributed by atoms with E-state index in [9.17, 15) is 13.2 Å². The number of hydrogen-bond acceptors (Lipinski definition) is 5. The Kier molecular flexibility index (Phi) is 7.07. The van der Waals surface area contributed by atoms with Gasteiger partial charge in [-0.25, -0.2) is 8.42 Å². The second-order valence-corrected chi connectivity index (χ2v) is 11.3. The molecular formula is C25H34N4O3S. The molecule has 0 saturated carbocycles. The molecular weight excluding hydrogens is 436 g/mol. The molecule has 4 rings (SSSR count). The van der Waals surface area contributed by atoms with E-state index >= 15 is 0 Å². The summed E-state index contributed by atoms with van der Waals surface area (Å²) in [6.07, 6.45) is 1.76. The number of nitrogens with zero attached hydrogens (tertiary/aromatic N) is 3. The molecule has 0 bridgehead atoms. The van der Waals surface area contributed by atoms with Crippen LogP contribution in [0.2, 0.25) is 0 Å². The fourth-order valence-electron chi connectivity index (χ4n) is 4.49. The highest BCUT2D eigenvalue weighted by Crippen LogP contribution is 2.26. The van der Waals surface area contributed by atoms with Crippen molar-refractivity contribution in [2.24, 2.45) is 5.92 Å². The van der Waals surface area contributed by atoms with Crippen LogP contribution in [0, 0.1) is 12.8 Å². The number of carbonyl (C=O) groups excluding carboxylic acids is 1. The molecule has 1 N–H and O–H groups in total. The van der Waals surface area contributed by atoms with E-state index < -0.39 is 10.0 Å². The topological polar surface area (TPSA) is 73.0 Å². The number of rotatable bonds is 5. The van der Waals surface area contributed by atoms with Crippen molar-refractivity contribution >= 4 is 27.3 Å². The summed E-state index contributed by atoms with van der Waals surface area (Å²) in [4.78, 5) is 17.7. The standard InChI is InChI=1S/C25H34N4O3S/c1-19-10-12-29(13-11-19)33(31,32)23-7-4-21(5-8-23)25(30)26-22-6-9-24(20(2)18-22)28-16-14-27(3)15-17-28/h4-9,18-19H,10-17H2,1-3H3,(H,26,30). The molecule has 178 valence electrons. The van der Waals surface area contributed by atoms with E-state index in [-0.39, 0.29) is 10.8 Å². The molecule has 2 fully saturated rings. The highest BCUT2D eigenvalue weighted by atomic mass is 32.2. The van der Waals surface area contributed by atoms with Crippen LogP contribution in [0.25, 0.3) is 0 Å². The van der Waals surface area contributed by atoms with Crippen molar-refractivity contribution in [1.82, 2.24) is 9.21 Å². The summed E-state index contributed by atoms with van der Waals surface area (Å²) >= 11 is 0. The Bertz CT molecular complexity index is 1090. The first kappa shape index (κ1) is 23.7. The van der Waals surface area contributed by atoms with Gasteiger partial charge in [-0.2, -0.15) is 4.31 Å². The first-order valence-electron chi connectivity index (χ1n) is 11.7. The number of hydrogen-bond donors (Lipinski definition) is 1. The number of sulfonamides is 1. The van der Waals surface area contributed by atoms with Crippen LogP contribution in [0.3, 0.4) is 0 Å². The normalized spacial score (nSPS) is 18.9. The monoisotopic (exact) mass is 470 g/mol. The predicted octanol–water partition coefficient (Wildman–Crippen LogP) is 3.42.